The Morgan fingerprint density at radius 2 is 1.68 bits per heavy atom. The number of anilines is 1. The van der Waals surface area contributed by atoms with Crippen LogP contribution in [-0.4, -0.2) is 48.2 Å². The molecule has 1 aromatic carbocycles. The normalized spacial score (nSPS) is 23.0. The van der Waals surface area contributed by atoms with Crippen molar-refractivity contribution < 1.29 is 9.90 Å². The Balaban J connectivity index is 1.61. The Bertz CT molecular complexity index is 562. The number of aliphatic hydroxyl groups excluding tert-OH is 1. The van der Waals surface area contributed by atoms with Crippen LogP contribution in [0.5, 0.6) is 0 Å². The SMILES string of the molecule is CC(C)C1CCCN(C(=O)c2ccc(N3CCC(O)CC3)cc2)CC1. The highest BCUT2D eigenvalue weighted by Crippen LogP contribution is 2.26. The Labute approximate surface area is 151 Å². The van der Waals surface area contributed by atoms with E-state index in [4.69, 9.17) is 0 Å². The van der Waals surface area contributed by atoms with Gasteiger partial charge in [-0.15, -0.1) is 0 Å². The van der Waals surface area contributed by atoms with Crippen molar-refractivity contribution in [1.82, 2.24) is 4.90 Å². The molecule has 1 amide bonds. The number of likely N-dealkylation sites (tertiary alicyclic amines) is 1. The highest BCUT2D eigenvalue weighted by Gasteiger charge is 2.23. The van der Waals surface area contributed by atoms with E-state index in [0.717, 1.165) is 69.0 Å². The van der Waals surface area contributed by atoms with Gasteiger partial charge in [-0.05, 0) is 68.2 Å². The Kier molecular flexibility index (Phi) is 6.00. The summed E-state index contributed by atoms with van der Waals surface area (Å²) >= 11 is 0. The average molecular weight is 344 g/mol. The molecule has 2 aliphatic heterocycles. The van der Waals surface area contributed by atoms with Gasteiger partial charge in [0.1, 0.15) is 0 Å². The summed E-state index contributed by atoms with van der Waals surface area (Å²) in [7, 11) is 0. The third-order valence-corrected chi connectivity index (χ3v) is 5.95. The third kappa shape index (κ3) is 4.55. The van der Waals surface area contributed by atoms with Gasteiger partial charge in [0.2, 0.25) is 0 Å². The number of hydrogen-bond acceptors (Lipinski definition) is 3. The van der Waals surface area contributed by atoms with E-state index in [1.165, 1.54) is 6.42 Å². The Hall–Kier alpha value is -1.55. The predicted molar refractivity (Wildman–Crippen MR) is 102 cm³/mol. The number of aliphatic hydroxyl groups is 1. The molecule has 1 atom stereocenters. The van der Waals surface area contributed by atoms with E-state index in [1.54, 1.807) is 0 Å². The van der Waals surface area contributed by atoms with Crippen LogP contribution in [0.4, 0.5) is 5.69 Å². The lowest BCUT2D eigenvalue weighted by atomic mass is 9.89. The van der Waals surface area contributed by atoms with Gasteiger partial charge in [-0.1, -0.05) is 13.8 Å². The first-order valence-corrected chi connectivity index (χ1v) is 9.87. The number of carbonyl (C=O) groups excluding carboxylic acids is 1. The second kappa shape index (κ2) is 8.22. The highest BCUT2D eigenvalue weighted by atomic mass is 16.3. The van der Waals surface area contributed by atoms with Crippen LogP contribution in [0.25, 0.3) is 0 Å². The second-order valence-corrected chi connectivity index (χ2v) is 7.99. The van der Waals surface area contributed by atoms with E-state index in [0.29, 0.717) is 5.92 Å². The number of nitrogens with zero attached hydrogens (tertiary/aromatic N) is 2. The molecule has 0 aromatic heterocycles. The van der Waals surface area contributed by atoms with Gasteiger partial charge < -0.3 is 14.9 Å². The first-order chi connectivity index (χ1) is 12.0. The van der Waals surface area contributed by atoms with E-state index in [2.05, 4.69) is 30.9 Å². The van der Waals surface area contributed by atoms with Crippen molar-refractivity contribution in [1.29, 1.82) is 0 Å². The maximum Gasteiger partial charge on any atom is 0.253 e. The van der Waals surface area contributed by atoms with Gasteiger partial charge in [-0.2, -0.15) is 0 Å². The molecule has 2 fully saturated rings. The molecule has 0 radical (unpaired) electrons. The first kappa shape index (κ1) is 18.2. The van der Waals surface area contributed by atoms with E-state index in [1.807, 2.05) is 17.0 Å². The summed E-state index contributed by atoms with van der Waals surface area (Å²) in [6.45, 7) is 8.12. The van der Waals surface area contributed by atoms with Crippen molar-refractivity contribution >= 4 is 11.6 Å². The van der Waals surface area contributed by atoms with Crippen LogP contribution in [0.1, 0.15) is 56.3 Å². The third-order valence-electron chi connectivity index (χ3n) is 5.95. The monoisotopic (exact) mass is 344 g/mol. The van der Waals surface area contributed by atoms with E-state index in [-0.39, 0.29) is 12.0 Å². The molecule has 1 N–H and O–H groups in total. The molecule has 25 heavy (non-hydrogen) atoms. The molecular formula is C21H32N2O2. The van der Waals surface area contributed by atoms with Gasteiger partial charge in [0.05, 0.1) is 6.10 Å². The van der Waals surface area contributed by atoms with Crippen LogP contribution < -0.4 is 4.90 Å². The van der Waals surface area contributed by atoms with Crippen molar-refractivity contribution in [3.63, 3.8) is 0 Å². The van der Waals surface area contributed by atoms with Gasteiger partial charge in [-0.25, -0.2) is 0 Å². The lowest BCUT2D eigenvalue weighted by molar-refractivity contribution is 0.0759. The second-order valence-electron chi connectivity index (χ2n) is 7.99. The number of carbonyl (C=O) groups is 1. The molecular weight excluding hydrogens is 312 g/mol. The van der Waals surface area contributed by atoms with Crippen molar-refractivity contribution in [2.45, 2.75) is 52.1 Å². The molecule has 0 aliphatic carbocycles. The van der Waals surface area contributed by atoms with Crippen LogP contribution in [0, 0.1) is 11.8 Å². The topological polar surface area (TPSA) is 43.8 Å². The van der Waals surface area contributed by atoms with E-state index >= 15 is 0 Å². The zero-order valence-electron chi connectivity index (χ0n) is 15.7. The van der Waals surface area contributed by atoms with E-state index in [9.17, 15) is 9.90 Å². The largest absolute Gasteiger partial charge is 0.393 e. The Morgan fingerprint density at radius 1 is 1.00 bits per heavy atom. The van der Waals surface area contributed by atoms with Gasteiger partial charge in [0.15, 0.2) is 0 Å². The van der Waals surface area contributed by atoms with Gasteiger partial charge in [0.25, 0.3) is 5.91 Å². The fraction of sp³-hybridized carbons (Fsp3) is 0.667. The van der Waals surface area contributed by atoms with Crippen LogP contribution >= 0.6 is 0 Å². The predicted octanol–water partition coefficient (Wildman–Crippen LogP) is 3.55. The van der Waals surface area contributed by atoms with Crippen molar-refractivity contribution in [2.24, 2.45) is 11.8 Å². The number of piperidine rings is 1. The summed E-state index contributed by atoms with van der Waals surface area (Å²) < 4.78 is 0. The van der Waals surface area contributed by atoms with Crippen molar-refractivity contribution in [2.75, 3.05) is 31.1 Å². The molecule has 0 bridgehead atoms. The lowest BCUT2D eigenvalue weighted by Gasteiger charge is -2.31. The summed E-state index contributed by atoms with van der Waals surface area (Å²) in [5.74, 6) is 1.62. The highest BCUT2D eigenvalue weighted by molar-refractivity contribution is 5.94. The van der Waals surface area contributed by atoms with Crippen molar-refractivity contribution in [3.8, 4) is 0 Å². The molecule has 3 rings (SSSR count). The first-order valence-electron chi connectivity index (χ1n) is 9.87. The zero-order valence-corrected chi connectivity index (χ0v) is 15.7. The van der Waals surface area contributed by atoms with Gasteiger partial charge in [0, 0.05) is 37.4 Å². The molecule has 1 aromatic rings. The quantitative estimate of drug-likeness (QED) is 0.912. The molecule has 2 saturated heterocycles. The Morgan fingerprint density at radius 3 is 2.32 bits per heavy atom. The lowest BCUT2D eigenvalue weighted by Crippen LogP contribution is -2.36. The van der Waals surface area contributed by atoms with Gasteiger partial charge in [-0.3, -0.25) is 4.79 Å². The van der Waals surface area contributed by atoms with Crippen LogP contribution in [-0.2, 0) is 0 Å². The molecule has 2 aliphatic rings. The number of benzene rings is 1. The molecule has 4 heteroatoms. The summed E-state index contributed by atoms with van der Waals surface area (Å²) in [5, 5.41) is 9.63. The molecule has 4 nitrogen and oxygen atoms in total. The summed E-state index contributed by atoms with van der Waals surface area (Å²) in [6.07, 6.45) is 4.97. The van der Waals surface area contributed by atoms with Crippen molar-refractivity contribution in [3.05, 3.63) is 29.8 Å². The summed E-state index contributed by atoms with van der Waals surface area (Å²) in [4.78, 5) is 17.2. The molecule has 1 unspecified atom stereocenters. The number of amides is 1. The number of rotatable bonds is 3. The minimum Gasteiger partial charge on any atom is -0.393 e. The minimum absolute atomic E-state index is 0.158. The summed E-state index contributed by atoms with van der Waals surface area (Å²) in [6, 6.07) is 8.04. The molecule has 2 heterocycles. The molecule has 138 valence electrons. The fourth-order valence-electron chi connectivity index (χ4n) is 4.11. The standard InChI is InChI=1S/C21H32N2O2/c1-16(2)17-4-3-12-23(13-9-17)21(25)18-5-7-19(8-6-18)22-14-10-20(24)11-15-22/h5-8,16-17,20,24H,3-4,9-15H2,1-2H3. The smallest absolute Gasteiger partial charge is 0.253 e. The zero-order chi connectivity index (χ0) is 17.8. The maximum atomic E-state index is 12.8. The fourth-order valence-corrected chi connectivity index (χ4v) is 4.11. The van der Waals surface area contributed by atoms with Gasteiger partial charge >= 0.3 is 0 Å². The molecule has 0 spiro atoms. The maximum absolute atomic E-state index is 12.8. The summed E-state index contributed by atoms with van der Waals surface area (Å²) in [5.41, 5.74) is 1.95. The molecule has 0 saturated carbocycles. The van der Waals surface area contributed by atoms with E-state index < -0.39 is 0 Å². The number of hydrogen-bond donors (Lipinski definition) is 1. The van der Waals surface area contributed by atoms with Crippen LogP contribution in [0.2, 0.25) is 0 Å². The average Bonchev–Trinajstić information content (AvgIpc) is 2.88. The van der Waals surface area contributed by atoms with Crippen LogP contribution in [0.3, 0.4) is 0 Å². The minimum atomic E-state index is -0.158. The van der Waals surface area contributed by atoms with Crippen LogP contribution in [0.15, 0.2) is 24.3 Å².